The molecule has 0 aromatic heterocycles. The Morgan fingerprint density at radius 2 is 1.88 bits per heavy atom. The van der Waals surface area contributed by atoms with Crippen LogP contribution in [-0.4, -0.2) is 38.6 Å². The van der Waals surface area contributed by atoms with Gasteiger partial charge in [-0.3, -0.25) is 0 Å². The third-order valence-electron chi connectivity index (χ3n) is 3.32. The van der Waals surface area contributed by atoms with Gasteiger partial charge in [0.25, 0.3) is 0 Å². The van der Waals surface area contributed by atoms with Crippen LogP contribution in [0.3, 0.4) is 0 Å². The summed E-state index contributed by atoms with van der Waals surface area (Å²) in [5.74, 6) is 0.749. The zero-order chi connectivity index (χ0) is 12.0. The molecule has 0 aromatic carbocycles. The lowest BCUT2D eigenvalue weighted by atomic mass is 9.89. The number of rotatable bonds is 6. The minimum absolute atomic E-state index is 0.187. The van der Waals surface area contributed by atoms with Gasteiger partial charge in [-0.05, 0) is 31.7 Å². The van der Waals surface area contributed by atoms with Gasteiger partial charge in [0, 0.05) is 13.6 Å². The van der Waals surface area contributed by atoms with E-state index in [0.29, 0.717) is 25.4 Å². The molecule has 0 radical (unpaired) electrons. The first-order valence-corrected chi connectivity index (χ1v) is 7.81. The van der Waals surface area contributed by atoms with E-state index in [1.54, 1.807) is 7.05 Å². The van der Waals surface area contributed by atoms with Crippen LogP contribution >= 0.6 is 0 Å². The van der Waals surface area contributed by atoms with Gasteiger partial charge in [-0.2, -0.15) is 0 Å². The summed E-state index contributed by atoms with van der Waals surface area (Å²) in [5, 5.41) is 0. The first-order valence-electron chi connectivity index (χ1n) is 6.20. The minimum atomic E-state index is -3.07. The van der Waals surface area contributed by atoms with Crippen molar-refractivity contribution in [2.75, 3.05) is 25.9 Å². The number of nitrogens with zero attached hydrogens (tertiary/aromatic N) is 1. The Bertz CT molecular complexity index is 284. The molecule has 0 aliphatic heterocycles. The summed E-state index contributed by atoms with van der Waals surface area (Å²) in [7, 11) is -1.37. The molecule has 1 aliphatic carbocycles. The summed E-state index contributed by atoms with van der Waals surface area (Å²) >= 11 is 0. The monoisotopic (exact) mass is 248 g/mol. The molecule has 0 spiro atoms. The van der Waals surface area contributed by atoms with Gasteiger partial charge in [0.15, 0.2) is 0 Å². The van der Waals surface area contributed by atoms with Gasteiger partial charge in [0.2, 0.25) is 10.0 Å². The summed E-state index contributed by atoms with van der Waals surface area (Å²) in [6.45, 7) is 1.13. The van der Waals surface area contributed by atoms with E-state index in [4.69, 9.17) is 5.73 Å². The second-order valence-corrected chi connectivity index (χ2v) is 6.94. The predicted octanol–water partition coefficient (Wildman–Crippen LogP) is 1.18. The van der Waals surface area contributed by atoms with Crippen LogP contribution < -0.4 is 5.73 Å². The van der Waals surface area contributed by atoms with Crippen molar-refractivity contribution in [2.24, 2.45) is 11.7 Å². The Morgan fingerprint density at radius 3 is 2.44 bits per heavy atom. The third-order valence-corrected chi connectivity index (χ3v) is 5.22. The van der Waals surface area contributed by atoms with Crippen molar-refractivity contribution in [1.82, 2.24) is 4.31 Å². The predicted molar refractivity (Wildman–Crippen MR) is 66.7 cm³/mol. The molecule has 16 heavy (non-hydrogen) atoms. The molecule has 0 heterocycles. The highest BCUT2D eigenvalue weighted by molar-refractivity contribution is 7.89. The molecule has 2 N–H and O–H groups in total. The molecule has 0 unspecified atom stereocenters. The standard InChI is InChI=1S/C11H24N2O2S/c1-13(16(14,15)9-5-8-12)10-11-6-3-2-4-7-11/h11H,2-10,12H2,1H3. The Labute approximate surface area is 99.2 Å². The van der Waals surface area contributed by atoms with Crippen molar-refractivity contribution in [2.45, 2.75) is 38.5 Å². The maximum absolute atomic E-state index is 11.8. The summed E-state index contributed by atoms with van der Waals surface area (Å²) < 4.78 is 25.2. The van der Waals surface area contributed by atoms with Crippen LogP contribution in [0.25, 0.3) is 0 Å². The summed E-state index contributed by atoms with van der Waals surface area (Å²) in [5.41, 5.74) is 5.34. The molecule has 0 atom stereocenters. The SMILES string of the molecule is CN(CC1CCCCC1)S(=O)(=O)CCCN. The van der Waals surface area contributed by atoms with E-state index in [1.165, 1.54) is 36.4 Å². The molecule has 0 aromatic rings. The van der Waals surface area contributed by atoms with Crippen LogP contribution in [0, 0.1) is 5.92 Å². The van der Waals surface area contributed by atoms with Crippen molar-refractivity contribution < 1.29 is 8.42 Å². The van der Waals surface area contributed by atoms with Crippen LogP contribution in [0.1, 0.15) is 38.5 Å². The van der Waals surface area contributed by atoms with E-state index in [0.717, 1.165) is 0 Å². The summed E-state index contributed by atoms with van der Waals surface area (Å²) in [6.07, 6.45) is 6.72. The van der Waals surface area contributed by atoms with Crippen LogP contribution in [0.15, 0.2) is 0 Å². The van der Waals surface area contributed by atoms with Crippen molar-refractivity contribution in [3.63, 3.8) is 0 Å². The molecule has 1 aliphatic rings. The fourth-order valence-electron chi connectivity index (χ4n) is 2.27. The molecule has 0 saturated heterocycles. The average Bonchev–Trinajstić information content (AvgIpc) is 2.28. The quantitative estimate of drug-likeness (QED) is 0.767. The molecule has 1 saturated carbocycles. The first-order chi connectivity index (χ1) is 7.56. The molecule has 5 heteroatoms. The number of hydrogen-bond donors (Lipinski definition) is 1. The summed E-state index contributed by atoms with van der Waals surface area (Å²) in [6, 6.07) is 0. The smallest absolute Gasteiger partial charge is 0.213 e. The van der Waals surface area contributed by atoms with Gasteiger partial charge in [-0.15, -0.1) is 0 Å². The lowest BCUT2D eigenvalue weighted by Gasteiger charge is -2.26. The number of sulfonamides is 1. The van der Waals surface area contributed by atoms with E-state index < -0.39 is 10.0 Å². The molecule has 1 rings (SSSR count). The van der Waals surface area contributed by atoms with E-state index in [1.807, 2.05) is 0 Å². The molecule has 4 nitrogen and oxygen atoms in total. The highest BCUT2D eigenvalue weighted by Crippen LogP contribution is 2.24. The van der Waals surface area contributed by atoms with Crippen LogP contribution in [0.5, 0.6) is 0 Å². The molecule has 0 bridgehead atoms. The van der Waals surface area contributed by atoms with E-state index in [-0.39, 0.29) is 5.75 Å². The molecule has 96 valence electrons. The van der Waals surface area contributed by atoms with Crippen molar-refractivity contribution in [1.29, 1.82) is 0 Å². The van der Waals surface area contributed by atoms with Gasteiger partial charge >= 0.3 is 0 Å². The van der Waals surface area contributed by atoms with Gasteiger partial charge in [-0.1, -0.05) is 19.3 Å². The van der Waals surface area contributed by atoms with Gasteiger partial charge in [0.1, 0.15) is 0 Å². The second-order valence-electron chi connectivity index (χ2n) is 4.74. The number of hydrogen-bond acceptors (Lipinski definition) is 3. The molecular weight excluding hydrogens is 224 g/mol. The van der Waals surface area contributed by atoms with Crippen LogP contribution in [0.4, 0.5) is 0 Å². The van der Waals surface area contributed by atoms with Gasteiger partial charge in [-0.25, -0.2) is 12.7 Å². The van der Waals surface area contributed by atoms with Crippen molar-refractivity contribution in [3.05, 3.63) is 0 Å². The summed E-state index contributed by atoms with van der Waals surface area (Å²) in [4.78, 5) is 0. The fourth-order valence-corrected chi connectivity index (χ4v) is 3.55. The topological polar surface area (TPSA) is 63.4 Å². The average molecular weight is 248 g/mol. The van der Waals surface area contributed by atoms with Crippen molar-refractivity contribution in [3.8, 4) is 0 Å². The molecule has 1 fully saturated rings. The Kier molecular flexibility index (Phi) is 5.72. The number of nitrogens with two attached hydrogens (primary N) is 1. The van der Waals surface area contributed by atoms with E-state index in [9.17, 15) is 8.42 Å². The third kappa shape index (κ3) is 4.39. The second kappa shape index (κ2) is 6.57. The maximum Gasteiger partial charge on any atom is 0.213 e. The zero-order valence-corrected chi connectivity index (χ0v) is 11.0. The largest absolute Gasteiger partial charge is 0.330 e. The Hall–Kier alpha value is -0.130. The van der Waals surface area contributed by atoms with Gasteiger partial charge < -0.3 is 5.73 Å². The fraction of sp³-hybridized carbons (Fsp3) is 1.00. The Balaban J connectivity index is 2.40. The normalized spacial score (nSPS) is 19.2. The minimum Gasteiger partial charge on any atom is -0.330 e. The van der Waals surface area contributed by atoms with Crippen LogP contribution in [0.2, 0.25) is 0 Å². The molecular formula is C11H24N2O2S. The van der Waals surface area contributed by atoms with Crippen LogP contribution in [-0.2, 0) is 10.0 Å². The lowest BCUT2D eigenvalue weighted by Crippen LogP contribution is -2.34. The van der Waals surface area contributed by atoms with E-state index in [2.05, 4.69) is 0 Å². The highest BCUT2D eigenvalue weighted by Gasteiger charge is 2.22. The first kappa shape index (κ1) is 13.9. The molecule has 0 amide bonds. The zero-order valence-electron chi connectivity index (χ0n) is 10.2. The lowest BCUT2D eigenvalue weighted by molar-refractivity contribution is 0.300. The maximum atomic E-state index is 11.8. The highest BCUT2D eigenvalue weighted by atomic mass is 32.2. The van der Waals surface area contributed by atoms with Gasteiger partial charge in [0.05, 0.1) is 5.75 Å². The Morgan fingerprint density at radius 1 is 1.25 bits per heavy atom. The van der Waals surface area contributed by atoms with Crippen molar-refractivity contribution >= 4 is 10.0 Å². The van der Waals surface area contributed by atoms with E-state index >= 15 is 0 Å².